The van der Waals surface area contributed by atoms with Gasteiger partial charge in [0.2, 0.25) is 0 Å². The van der Waals surface area contributed by atoms with E-state index in [9.17, 15) is 24.4 Å². The van der Waals surface area contributed by atoms with Crippen LogP contribution >= 0.6 is 11.6 Å². The monoisotopic (exact) mass is 361 g/mol. The number of anilines is 1. The Morgan fingerprint density at radius 1 is 1.40 bits per heavy atom. The van der Waals surface area contributed by atoms with E-state index in [1.807, 2.05) is 0 Å². The molecule has 0 saturated heterocycles. The number of carbonyl (C=O) groups is 1. The minimum atomic E-state index is -0.939. The molecular weight excluding hydrogens is 353 g/mol. The zero-order valence-corrected chi connectivity index (χ0v) is 13.1. The molecule has 0 atom stereocenters. The molecule has 126 valence electrons. The molecule has 2 rings (SSSR count). The van der Waals surface area contributed by atoms with Crippen LogP contribution in [0, 0.1) is 27.3 Å². The van der Waals surface area contributed by atoms with Crippen molar-refractivity contribution in [2.24, 2.45) is 0 Å². The van der Waals surface area contributed by atoms with E-state index in [-0.39, 0.29) is 22.0 Å². The largest absolute Gasteiger partial charge is 0.506 e. The average Bonchev–Trinajstić information content (AvgIpc) is 2.56. The zero-order valence-electron chi connectivity index (χ0n) is 12.4. The number of amides is 1. The highest BCUT2D eigenvalue weighted by molar-refractivity contribution is 6.32. The normalized spacial score (nSPS) is 10.8. The Balaban J connectivity index is 2.31. The number of rotatable bonds is 4. The van der Waals surface area contributed by atoms with E-state index in [1.165, 1.54) is 12.1 Å². The average molecular weight is 362 g/mol. The van der Waals surface area contributed by atoms with E-state index in [1.54, 1.807) is 6.07 Å². The van der Waals surface area contributed by atoms with Crippen LogP contribution in [0.1, 0.15) is 5.56 Å². The summed E-state index contributed by atoms with van der Waals surface area (Å²) >= 11 is 5.84. The molecule has 2 N–H and O–H groups in total. The first-order chi connectivity index (χ1) is 11.8. The van der Waals surface area contributed by atoms with Crippen LogP contribution in [-0.2, 0) is 4.79 Å². The van der Waals surface area contributed by atoms with Crippen LogP contribution < -0.4 is 5.32 Å². The predicted molar refractivity (Wildman–Crippen MR) is 88.4 cm³/mol. The first-order valence-corrected chi connectivity index (χ1v) is 7.06. The molecule has 0 saturated carbocycles. The van der Waals surface area contributed by atoms with Gasteiger partial charge in [0.25, 0.3) is 11.6 Å². The van der Waals surface area contributed by atoms with Crippen molar-refractivity contribution in [1.29, 1.82) is 5.26 Å². The van der Waals surface area contributed by atoms with Crippen molar-refractivity contribution in [1.82, 2.24) is 0 Å². The highest BCUT2D eigenvalue weighted by atomic mass is 35.5. The van der Waals surface area contributed by atoms with E-state index >= 15 is 0 Å². The van der Waals surface area contributed by atoms with Gasteiger partial charge in [-0.3, -0.25) is 14.9 Å². The van der Waals surface area contributed by atoms with Crippen molar-refractivity contribution in [2.75, 3.05) is 5.32 Å². The molecule has 25 heavy (non-hydrogen) atoms. The molecule has 0 heterocycles. The number of benzene rings is 2. The number of nitriles is 1. The lowest BCUT2D eigenvalue weighted by Gasteiger charge is -2.07. The van der Waals surface area contributed by atoms with E-state index in [2.05, 4.69) is 5.32 Å². The summed E-state index contributed by atoms with van der Waals surface area (Å²) in [6.07, 6.45) is 0.968. The molecule has 0 aliphatic rings. The van der Waals surface area contributed by atoms with Crippen molar-refractivity contribution in [2.45, 2.75) is 0 Å². The van der Waals surface area contributed by atoms with Crippen molar-refractivity contribution in [3.8, 4) is 11.8 Å². The second-order valence-corrected chi connectivity index (χ2v) is 5.13. The van der Waals surface area contributed by atoms with Gasteiger partial charge in [-0.25, -0.2) is 4.39 Å². The topological polar surface area (TPSA) is 116 Å². The van der Waals surface area contributed by atoms with Crippen LogP contribution in [0.3, 0.4) is 0 Å². The van der Waals surface area contributed by atoms with Gasteiger partial charge < -0.3 is 10.4 Å². The number of hydrogen-bond donors (Lipinski definition) is 2. The summed E-state index contributed by atoms with van der Waals surface area (Å²) < 4.78 is 13.7. The molecule has 0 bridgehead atoms. The van der Waals surface area contributed by atoms with Gasteiger partial charge in [0.15, 0.2) is 0 Å². The van der Waals surface area contributed by atoms with Gasteiger partial charge in [-0.05, 0) is 24.3 Å². The van der Waals surface area contributed by atoms with Gasteiger partial charge >= 0.3 is 0 Å². The second-order valence-electron chi connectivity index (χ2n) is 4.72. The SMILES string of the molecule is N#C/C(=C\c1c(F)cccc1Cl)C(=O)Nc1ccc([N+](=O)[O-])cc1O. The van der Waals surface area contributed by atoms with Crippen LogP contribution in [0.2, 0.25) is 5.02 Å². The van der Waals surface area contributed by atoms with Crippen molar-refractivity contribution in [3.63, 3.8) is 0 Å². The summed E-state index contributed by atoms with van der Waals surface area (Å²) in [5.41, 5.74) is -1.12. The van der Waals surface area contributed by atoms with E-state index in [0.717, 1.165) is 30.3 Å². The van der Waals surface area contributed by atoms with Gasteiger partial charge in [-0.1, -0.05) is 17.7 Å². The molecular formula is C16H9ClFN3O4. The molecule has 7 nitrogen and oxygen atoms in total. The molecule has 2 aromatic carbocycles. The third-order valence-electron chi connectivity index (χ3n) is 3.09. The number of nitro benzene ring substituents is 1. The number of carbonyl (C=O) groups excluding carboxylic acids is 1. The van der Waals surface area contributed by atoms with Crippen molar-refractivity contribution in [3.05, 3.63) is 68.5 Å². The Morgan fingerprint density at radius 2 is 2.12 bits per heavy atom. The number of nitrogens with zero attached hydrogens (tertiary/aromatic N) is 2. The fourth-order valence-corrected chi connectivity index (χ4v) is 2.09. The number of aromatic hydroxyl groups is 1. The maximum atomic E-state index is 13.7. The van der Waals surface area contributed by atoms with Gasteiger partial charge in [-0.2, -0.15) is 5.26 Å². The van der Waals surface area contributed by atoms with Gasteiger partial charge in [0.05, 0.1) is 21.7 Å². The van der Waals surface area contributed by atoms with Gasteiger partial charge in [-0.15, -0.1) is 0 Å². The van der Waals surface area contributed by atoms with Crippen LogP contribution in [0.25, 0.3) is 6.08 Å². The van der Waals surface area contributed by atoms with E-state index in [4.69, 9.17) is 16.9 Å². The molecule has 0 fully saturated rings. The second kappa shape index (κ2) is 7.42. The maximum absolute atomic E-state index is 13.7. The highest BCUT2D eigenvalue weighted by Gasteiger charge is 2.16. The minimum absolute atomic E-state index is 0.0127. The Hall–Kier alpha value is -3.44. The third kappa shape index (κ3) is 4.10. The number of nitro groups is 1. The number of hydrogen-bond acceptors (Lipinski definition) is 5. The molecule has 9 heteroatoms. The van der Waals surface area contributed by atoms with Gasteiger partial charge in [0, 0.05) is 11.6 Å². The standard InChI is InChI=1S/C16H9ClFN3O4/c17-12-2-1-3-13(18)11(12)6-9(8-19)16(23)20-14-5-4-10(21(24)25)7-15(14)22/h1-7,22H,(H,20,23)/b9-6+. The Labute approximate surface area is 145 Å². The van der Waals surface area contributed by atoms with Gasteiger partial charge in [0.1, 0.15) is 23.2 Å². The number of non-ortho nitro benzene ring substituents is 1. The third-order valence-corrected chi connectivity index (χ3v) is 3.42. The van der Waals surface area contributed by atoms with Crippen molar-refractivity contribution < 1.29 is 19.2 Å². The number of nitrogens with one attached hydrogen (secondary N) is 1. The number of halogens is 2. The Kier molecular flexibility index (Phi) is 5.31. The van der Waals surface area contributed by atoms with E-state index < -0.39 is 28.0 Å². The predicted octanol–water partition coefficient (Wildman–Crippen LogP) is 3.64. The first kappa shape index (κ1) is 17.9. The minimum Gasteiger partial charge on any atom is -0.506 e. The fraction of sp³-hybridized carbons (Fsp3) is 0. The molecule has 0 unspecified atom stereocenters. The Morgan fingerprint density at radius 3 is 2.68 bits per heavy atom. The first-order valence-electron chi connectivity index (χ1n) is 6.68. The van der Waals surface area contributed by atoms with Crippen LogP contribution in [0.15, 0.2) is 42.0 Å². The maximum Gasteiger partial charge on any atom is 0.273 e. The lowest BCUT2D eigenvalue weighted by molar-refractivity contribution is -0.384. The molecule has 0 aliphatic heterocycles. The quantitative estimate of drug-likeness (QED) is 0.283. The number of phenolic OH excluding ortho intramolecular Hbond substituents is 1. The summed E-state index contributed by atoms with van der Waals surface area (Å²) in [7, 11) is 0. The molecule has 0 aliphatic carbocycles. The van der Waals surface area contributed by atoms with Crippen LogP contribution in [-0.4, -0.2) is 15.9 Å². The molecule has 0 spiro atoms. The zero-order chi connectivity index (χ0) is 18.6. The molecule has 2 aromatic rings. The summed E-state index contributed by atoms with van der Waals surface area (Å²) in [5, 5.41) is 31.7. The highest BCUT2D eigenvalue weighted by Crippen LogP contribution is 2.28. The van der Waals surface area contributed by atoms with Crippen LogP contribution in [0.5, 0.6) is 5.75 Å². The van der Waals surface area contributed by atoms with E-state index in [0.29, 0.717) is 0 Å². The number of phenols is 1. The molecule has 1 amide bonds. The van der Waals surface area contributed by atoms with Crippen LogP contribution in [0.4, 0.5) is 15.8 Å². The molecule has 0 aromatic heterocycles. The molecule has 0 radical (unpaired) electrons. The lowest BCUT2D eigenvalue weighted by Crippen LogP contribution is -2.13. The smallest absolute Gasteiger partial charge is 0.273 e. The summed E-state index contributed by atoms with van der Waals surface area (Å²) in [4.78, 5) is 22.0. The summed E-state index contributed by atoms with van der Waals surface area (Å²) in [6, 6.07) is 8.51. The fourth-order valence-electron chi connectivity index (χ4n) is 1.87. The Bertz CT molecular complexity index is 917. The van der Waals surface area contributed by atoms with Crippen molar-refractivity contribution >= 4 is 35.0 Å². The summed E-state index contributed by atoms with van der Waals surface area (Å²) in [6.45, 7) is 0. The lowest BCUT2D eigenvalue weighted by atomic mass is 10.1. The summed E-state index contributed by atoms with van der Waals surface area (Å²) in [5.74, 6) is -2.21.